The lowest BCUT2D eigenvalue weighted by Gasteiger charge is -2.05. The zero-order chi connectivity index (χ0) is 14.4. The highest BCUT2D eigenvalue weighted by Gasteiger charge is 2.05. The van der Waals surface area contributed by atoms with Crippen LogP contribution in [0.2, 0.25) is 0 Å². The predicted octanol–water partition coefficient (Wildman–Crippen LogP) is 1.12. The van der Waals surface area contributed by atoms with Crippen molar-refractivity contribution in [1.82, 2.24) is 4.98 Å². The lowest BCUT2D eigenvalue weighted by atomic mass is 10.2. The zero-order valence-corrected chi connectivity index (χ0v) is 10.7. The second-order valence-corrected chi connectivity index (χ2v) is 3.93. The van der Waals surface area contributed by atoms with E-state index in [0.717, 1.165) is 16.5 Å². The van der Waals surface area contributed by atoms with Crippen LogP contribution in [0.15, 0.2) is 41.5 Å². The molecular formula is C13H14N4O3. The molecule has 1 aromatic heterocycles. The van der Waals surface area contributed by atoms with Gasteiger partial charge in [-0.2, -0.15) is 0 Å². The standard InChI is InChI=1S/C13H14N4O3/c14-12(15)17-8-20-13(18)19-7-9-5-10-3-1-2-4-11(10)16-6-9/h1-6H,7-8H2,(H4,14,15,17). The van der Waals surface area contributed by atoms with E-state index in [0.29, 0.717) is 0 Å². The first-order valence-corrected chi connectivity index (χ1v) is 5.84. The van der Waals surface area contributed by atoms with E-state index in [9.17, 15) is 4.79 Å². The molecule has 0 atom stereocenters. The number of carbonyl (C=O) groups excluding carboxylic acids is 1. The predicted molar refractivity (Wildman–Crippen MR) is 73.7 cm³/mol. The van der Waals surface area contributed by atoms with Crippen LogP contribution in [0.4, 0.5) is 4.79 Å². The second-order valence-electron chi connectivity index (χ2n) is 3.93. The molecule has 0 aliphatic heterocycles. The molecule has 7 heteroatoms. The number of hydrogen-bond acceptors (Lipinski definition) is 5. The highest BCUT2D eigenvalue weighted by Crippen LogP contribution is 2.13. The molecule has 1 heterocycles. The molecule has 104 valence electrons. The van der Waals surface area contributed by atoms with Gasteiger partial charge in [0, 0.05) is 17.1 Å². The third-order valence-corrected chi connectivity index (χ3v) is 2.43. The summed E-state index contributed by atoms with van der Waals surface area (Å²) in [6.07, 6.45) is 0.800. The average molecular weight is 274 g/mol. The minimum atomic E-state index is -0.844. The molecule has 0 aliphatic rings. The molecule has 0 amide bonds. The van der Waals surface area contributed by atoms with Gasteiger partial charge in [-0.1, -0.05) is 18.2 Å². The van der Waals surface area contributed by atoms with Gasteiger partial charge in [-0.25, -0.2) is 9.79 Å². The van der Waals surface area contributed by atoms with Gasteiger partial charge < -0.3 is 20.9 Å². The summed E-state index contributed by atoms with van der Waals surface area (Å²) in [5, 5.41) is 0.975. The Hall–Kier alpha value is -2.83. The van der Waals surface area contributed by atoms with Crippen LogP contribution in [-0.4, -0.2) is 23.8 Å². The number of carbonyl (C=O) groups is 1. The largest absolute Gasteiger partial charge is 0.510 e. The molecule has 1 aromatic carbocycles. The first kappa shape index (κ1) is 13.6. The first-order valence-electron chi connectivity index (χ1n) is 5.84. The Morgan fingerprint density at radius 3 is 2.85 bits per heavy atom. The third kappa shape index (κ3) is 3.84. The van der Waals surface area contributed by atoms with E-state index in [-0.39, 0.29) is 19.3 Å². The first-order chi connectivity index (χ1) is 9.65. The minimum absolute atomic E-state index is 0.0679. The molecule has 0 bridgehead atoms. The van der Waals surface area contributed by atoms with Crippen molar-refractivity contribution in [2.45, 2.75) is 6.61 Å². The number of nitrogens with zero attached hydrogens (tertiary/aromatic N) is 2. The fourth-order valence-corrected chi connectivity index (χ4v) is 1.54. The van der Waals surface area contributed by atoms with Crippen LogP contribution in [0.25, 0.3) is 10.9 Å². The summed E-state index contributed by atoms with van der Waals surface area (Å²) >= 11 is 0. The van der Waals surface area contributed by atoms with Gasteiger partial charge in [-0.3, -0.25) is 4.98 Å². The zero-order valence-electron chi connectivity index (χ0n) is 10.7. The molecule has 2 rings (SSSR count). The summed E-state index contributed by atoms with van der Waals surface area (Å²) in [6, 6.07) is 9.56. The number of nitrogens with two attached hydrogens (primary N) is 2. The number of aliphatic imine (C=N–C) groups is 1. The quantitative estimate of drug-likeness (QED) is 0.490. The minimum Gasteiger partial charge on any atom is -0.429 e. The van der Waals surface area contributed by atoms with Crippen LogP contribution >= 0.6 is 0 Å². The molecule has 2 aromatic rings. The number of guanidine groups is 1. The van der Waals surface area contributed by atoms with Crippen molar-refractivity contribution in [2.75, 3.05) is 6.73 Å². The Bertz CT molecular complexity index is 638. The topological polar surface area (TPSA) is 113 Å². The van der Waals surface area contributed by atoms with Crippen molar-refractivity contribution in [3.05, 3.63) is 42.1 Å². The lowest BCUT2D eigenvalue weighted by molar-refractivity contribution is 0.0520. The fraction of sp³-hybridized carbons (Fsp3) is 0.154. The van der Waals surface area contributed by atoms with Crippen molar-refractivity contribution in [1.29, 1.82) is 0 Å². The Morgan fingerprint density at radius 2 is 2.05 bits per heavy atom. The Labute approximate surface area is 115 Å². The maximum Gasteiger partial charge on any atom is 0.510 e. The number of fused-ring (bicyclic) bond motifs is 1. The molecular weight excluding hydrogens is 260 g/mol. The van der Waals surface area contributed by atoms with Crippen molar-refractivity contribution < 1.29 is 14.3 Å². The van der Waals surface area contributed by atoms with E-state index >= 15 is 0 Å². The molecule has 7 nitrogen and oxygen atoms in total. The lowest BCUT2D eigenvalue weighted by Crippen LogP contribution is -2.23. The SMILES string of the molecule is NC(N)=NCOC(=O)OCc1cnc2ccccc2c1. The third-order valence-electron chi connectivity index (χ3n) is 2.43. The van der Waals surface area contributed by atoms with E-state index in [4.69, 9.17) is 16.2 Å². The number of ether oxygens (including phenoxy) is 2. The molecule has 0 saturated carbocycles. The summed E-state index contributed by atoms with van der Waals surface area (Å²) < 4.78 is 9.54. The van der Waals surface area contributed by atoms with Gasteiger partial charge in [0.2, 0.25) is 0 Å². The summed E-state index contributed by atoms with van der Waals surface area (Å²) in [6.45, 7) is -0.199. The summed E-state index contributed by atoms with van der Waals surface area (Å²) in [7, 11) is 0. The van der Waals surface area contributed by atoms with Gasteiger partial charge >= 0.3 is 6.16 Å². The van der Waals surface area contributed by atoms with Gasteiger partial charge in [0.25, 0.3) is 0 Å². The number of rotatable bonds is 4. The van der Waals surface area contributed by atoms with Crippen LogP contribution in [-0.2, 0) is 16.1 Å². The average Bonchev–Trinajstić information content (AvgIpc) is 2.44. The highest BCUT2D eigenvalue weighted by atomic mass is 16.7. The molecule has 0 radical (unpaired) electrons. The van der Waals surface area contributed by atoms with E-state index in [1.165, 1.54) is 0 Å². The summed E-state index contributed by atoms with van der Waals surface area (Å²) in [5.41, 5.74) is 11.8. The van der Waals surface area contributed by atoms with Crippen LogP contribution in [0.5, 0.6) is 0 Å². The van der Waals surface area contributed by atoms with Crippen molar-refractivity contribution in [2.24, 2.45) is 16.5 Å². The molecule has 0 unspecified atom stereocenters. The number of aromatic nitrogens is 1. The van der Waals surface area contributed by atoms with Crippen molar-refractivity contribution in [3.8, 4) is 0 Å². The van der Waals surface area contributed by atoms with Crippen LogP contribution in [0, 0.1) is 0 Å². The smallest absolute Gasteiger partial charge is 0.429 e. The molecule has 0 saturated heterocycles. The van der Waals surface area contributed by atoms with Crippen molar-refractivity contribution >= 4 is 23.0 Å². The van der Waals surface area contributed by atoms with Gasteiger partial charge in [0.15, 0.2) is 12.7 Å². The van der Waals surface area contributed by atoms with Crippen LogP contribution in [0.1, 0.15) is 5.56 Å². The molecule has 20 heavy (non-hydrogen) atoms. The maximum atomic E-state index is 11.2. The highest BCUT2D eigenvalue weighted by molar-refractivity contribution is 5.78. The molecule has 0 spiro atoms. The summed E-state index contributed by atoms with van der Waals surface area (Å²) in [4.78, 5) is 19.0. The van der Waals surface area contributed by atoms with Gasteiger partial charge in [-0.05, 0) is 12.1 Å². The molecule has 0 fully saturated rings. The van der Waals surface area contributed by atoms with Gasteiger partial charge in [0.1, 0.15) is 6.61 Å². The van der Waals surface area contributed by atoms with E-state index in [1.54, 1.807) is 6.20 Å². The van der Waals surface area contributed by atoms with Crippen molar-refractivity contribution in [3.63, 3.8) is 0 Å². The number of benzene rings is 1. The monoisotopic (exact) mass is 274 g/mol. The summed E-state index contributed by atoms with van der Waals surface area (Å²) in [5.74, 6) is -0.156. The van der Waals surface area contributed by atoms with E-state index in [2.05, 4.69) is 14.7 Å². The number of hydrogen-bond donors (Lipinski definition) is 2. The van der Waals surface area contributed by atoms with Gasteiger partial charge in [0.05, 0.1) is 5.52 Å². The van der Waals surface area contributed by atoms with Crippen LogP contribution in [0.3, 0.4) is 0 Å². The maximum absolute atomic E-state index is 11.2. The normalized spacial score (nSPS) is 10.0. The number of para-hydroxylation sites is 1. The van der Waals surface area contributed by atoms with Crippen LogP contribution < -0.4 is 11.5 Å². The van der Waals surface area contributed by atoms with E-state index < -0.39 is 6.16 Å². The fourth-order valence-electron chi connectivity index (χ4n) is 1.54. The number of pyridine rings is 1. The Morgan fingerprint density at radius 1 is 1.25 bits per heavy atom. The Kier molecular flexibility index (Phi) is 4.33. The van der Waals surface area contributed by atoms with E-state index in [1.807, 2.05) is 30.3 Å². The molecule has 4 N–H and O–H groups in total. The van der Waals surface area contributed by atoms with Gasteiger partial charge in [-0.15, -0.1) is 0 Å². The molecule has 0 aliphatic carbocycles. The Balaban J connectivity index is 1.89. The second kappa shape index (κ2) is 6.37.